The molecule has 0 unspecified atom stereocenters. The Hall–Kier alpha value is -2.61. The van der Waals surface area contributed by atoms with Gasteiger partial charge < -0.3 is 16.2 Å². The van der Waals surface area contributed by atoms with Crippen molar-refractivity contribution < 1.29 is 14.7 Å². The molecule has 2 aromatic rings. The number of carbonyl (C=O) groups excluding carboxylic acids is 1. The lowest BCUT2D eigenvalue weighted by atomic mass is 9.96. The van der Waals surface area contributed by atoms with E-state index in [2.05, 4.69) is 5.32 Å². The minimum atomic E-state index is -1.23. The Kier molecular flexibility index (Phi) is 7.99. The Bertz CT molecular complexity index is 834. The van der Waals surface area contributed by atoms with Gasteiger partial charge in [-0.2, -0.15) is 0 Å². The van der Waals surface area contributed by atoms with Gasteiger partial charge in [0.25, 0.3) is 0 Å². The topological polar surface area (TPSA) is 120 Å². The van der Waals surface area contributed by atoms with Gasteiger partial charge in [-0.3, -0.25) is 10.2 Å². The predicted octanol–water partition coefficient (Wildman–Crippen LogP) is 2.73. The van der Waals surface area contributed by atoms with Gasteiger partial charge in [0.2, 0.25) is 5.91 Å². The fourth-order valence-electron chi connectivity index (χ4n) is 3.18. The molecule has 7 nitrogen and oxygen atoms in total. The van der Waals surface area contributed by atoms with Crippen molar-refractivity contribution in [1.82, 2.24) is 5.32 Å². The first-order chi connectivity index (χ1) is 12.4. The molecule has 0 atom stereocenters. The molecule has 1 aliphatic rings. The molecular formula is C19H22Cl2N4O3. The van der Waals surface area contributed by atoms with E-state index in [1.807, 2.05) is 24.3 Å². The summed E-state index contributed by atoms with van der Waals surface area (Å²) in [5.74, 6) is -0.204. The van der Waals surface area contributed by atoms with E-state index in [4.69, 9.17) is 16.2 Å². The number of nitrogens with two attached hydrogens (primary N) is 1. The van der Waals surface area contributed by atoms with Crippen molar-refractivity contribution >= 4 is 48.8 Å². The van der Waals surface area contributed by atoms with E-state index >= 15 is 0 Å². The number of nitrogens with one attached hydrogen (secondary N) is 2. The summed E-state index contributed by atoms with van der Waals surface area (Å²) in [7, 11) is 0. The molecule has 0 spiro atoms. The Labute approximate surface area is 175 Å². The lowest BCUT2D eigenvalue weighted by Gasteiger charge is -2.22. The maximum absolute atomic E-state index is 12.6. The van der Waals surface area contributed by atoms with Gasteiger partial charge in [0, 0.05) is 6.54 Å². The quantitative estimate of drug-likeness (QED) is 0.435. The van der Waals surface area contributed by atoms with Crippen molar-refractivity contribution in [3.63, 3.8) is 0 Å². The number of carboxylic acid groups (broad SMARTS) is 1. The van der Waals surface area contributed by atoms with Crippen LogP contribution in [-0.2, 0) is 24.2 Å². The van der Waals surface area contributed by atoms with Crippen molar-refractivity contribution in [3.05, 3.63) is 65.2 Å². The number of hydrogen-bond donors (Lipinski definition) is 4. The average molecular weight is 425 g/mol. The molecule has 0 bridgehead atoms. The van der Waals surface area contributed by atoms with Crippen LogP contribution in [0.5, 0.6) is 0 Å². The molecule has 150 valence electrons. The van der Waals surface area contributed by atoms with E-state index in [-0.39, 0.29) is 30.7 Å². The van der Waals surface area contributed by atoms with Crippen LogP contribution in [0.15, 0.2) is 48.5 Å². The third kappa shape index (κ3) is 4.81. The van der Waals surface area contributed by atoms with Crippen LogP contribution in [0.4, 0.5) is 10.5 Å². The molecule has 0 fully saturated rings. The highest BCUT2D eigenvalue weighted by Gasteiger charge is 2.39. The molecule has 0 aromatic heterocycles. The molecule has 2 aromatic carbocycles. The molecule has 0 saturated carbocycles. The highest BCUT2D eigenvalue weighted by atomic mass is 35.5. The summed E-state index contributed by atoms with van der Waals surface area (Å²) in [5, 5.41) is 19.0. The number of halogens is 2. The lowest BCUT2D eigenvalue weighted by molar-refractivity contribution is -0.126. The first kappa shape index (κ1) is 23.4. The SMILES string of the molecule is Cl.Cl.N=CN(C(=O)O)c1ccc(CNC(=O)C2(N)Cc3ccccc3C2)cc1. The second-order valence-corrected chi connectivity index (χ2v) is 6.41. The van der Waals surface area contributed by atoms with Gasteiger partial charge in [-0.05, 0) is 41.7 Å². The van der Waals surface area contributed by atoms with Gasteiger partial charge in [0.1, 0.15) is 5.54 Å². The zero-order chi connectivity index (χ0) is 18.7. The van der Waals surface area contributed by atoms with Crippen molar-refractivity contribution in [3.8, 4) is 0 Å². The van der Waals surface area contributed by atoms with Crippen LogP contribution in [-0.4, -0.2) is 29.0 Å². The Balaban J connectivity index is 0.00000196. The average Bonchev–Trinajstić information content (AvgIpc) is 2.98. The summed E-state index contributed by atoms with van der Waals surface area (Å²) in [6, 6.07) is 14.5. The largest absolute Gasteiger partial charge is 0.464 e. The van der Waals surface area contributed by atoms with Crippen LogP contribution in [0.3, 0.4) is 0 Å². The third-order valence-corrected chi connectivity index (χ3v) is 4.59. The van der Waals surface area contributed by atoms with Crippen molar-refractivity contribution in [1.29, 1.82) is 5.41 Å². The Morgan fingerprint density at radius 2 is 1.64 bits per heavy atom. The summed E-state index contributed by atoms with van der Waals surface area (Å²) in [5.41, 5.74) is 8.78. The summed E-state index contributed by atoms with van der Waals surface area (Å²) < 4.78 is 0. The van der Waals surface area contributed by atoms with Gasteiger partial charge in [0.15, 0.2) is 0 Å². The van der Waals surface area contributed by atoms with E-state index in [1.54, 1.807) is 24.3 Å². The van der Waals surface area contributed by atoms with Gasteiger partial charge in [-0.25, -0.2) is 9.69 Å². The van der Waals surface area contributed by atoms with Crippen molar-refractivity contribution in [2.45, 2.75) is 24.9 Å². The number of fused-ring (bicyclic) bond motifs is 1. The molecular weight excluding hydrogens is 403 g/mol. The number of amides is 2. The van der Waals surface area contributed by atoms with Gasteiger partial charge in [-0.15, -0.1) is 24.8 Å². The first-order valence-corrected chi connectivity index (χ1v) is 8.18. The fourth-order valence-corrected chi connectivity index (χ4v) is 3.18. The van der Waals surface area contributed by atoms with E-state index in [0.717, 1.165) is 27.9 Å². The Morgan fingerprint density at radius 1 is 1.11 bits per heavy atom. The van der Waals surface area contributed by atoms with Crippen LogP contribution in [0.1, 0.15) is 16.7 Å². The summed E-state index contributed by atoms with van der Waals surface area (Å²) in [4.78, 5) is 24.4. The summed E-state index contributed by atoms with van der Waals surface area (Å²) in [6.07, 6.45) is 0.531. The normalized spacial score (nSPS) is 13.3. The van der Waals surface area contributed by atoms with Crippen molar-refractivity contribution in [2.24, 2.45) is 5.73 Å². The van der Waals surface area contributed by atoms with E-state index in [0.29, 0.717) is 25.1 Å². The maximum Gasteiger partial charge on any atom is 0.417 e. The van der Waals surface area contributed by atoms with Gasteiger partial charge in [-0.1, -0.05) is 36.4 Å². The molecule has 5 N–H and O–H groups in total. The molecule has 9 heteroatoms. The second kappa shape index (κ2) is 9.54. The predicted molar refractivity (Wildman–Crippen MR) is 113 cm³/mol. The smallest absolute Gasteiger partial charge is 0.417 e. The van der Waals surface area contributed by atoms with Crippen LogP contribution >= 0.6 is 24.8 Å². The first-order valence-electron chi connectivity index (χ1n) is 8.18. The molecule has 28 heavy (non-hydrogen) atoms. The van der Waals surface area contributed by atoms with E-state index in [9.17, 15) is 9.59 Å². The standard InChI is InChI=1S/C19H20N4O3.2ClH/c20-12-23(18(25)26)16-7-5-13(6-8-16)11-22-17(24)19(21)9-14-3-1-2-4-15(14)10-19;;/h1-8,12,20H,9-11,21H2,(H,22,24)(H,25,26);2*1H. The fraction of sp³-hybridized carbons (Fsp3) is 0.211. The van der Waals surface area contributed by atoms with E-state index < -0.39 is 11.6 Å². The van der Waals surface area contributed by atoms with Crippen LogP contribution < -0.4 is 16.0 Å². The molecule has 3 rings (SSSR count). The van der Waals surface area contributed by atoms with Gasteiger partial charge >= 0.3 is 6.09 Å². The number of anilines is 1. The minimum absolute atomic E-state index is 0. The lowest BCUT2D eigenvalue weighted by Crippen LogP contribution is -2.54. The molecule has 1 aliphatic carbocycles. The number of hydrogen-bond acceptors (Lipinski definition) is 4. The van der Waals surface area contributed by atoms with Crippen LogP contribution in [0.2, 0.25) is 0 Å². The zero-order valence-electron chi connectivity index (χ0n) is 14.9. The monoisotopic (exact) mass is 424 g/mol. The number of carbonyl (C=O) groups is 2. The summed E-state index contributed by atoms with van der Waals surface area (Å²) >= 11 is 0. The van der Waals surface area contributed by atoms with Gasteiger partial charge in [0.05, 0.1) is 12.0 Å². The molecule has 0 aliphatic heterocycles. The van der Waals surface area contributed by atoms with Crippen molar-refractivity contribution in [2.75, 3.05) is 4.90 Å². The van der Waals surface area contributed by atoms with Crippen LogP contribution in [0.25, 0.3) is 0 Å². The molecule has 0 radical (unpaired) electrons. The number of nitrogens with zero attached hydrogens (tertiary/aromatic N) is 1. The summed E-state index contributed by atoms with van der Waals surface area (Å²) in [6.45, 7) is 0.298. The van der Waals surface area contributed by atoms with E-state index in [1.165, 1.54) is 0 Å². The number of benzene rings is 2. The minimum Gasteiger partial charge on any atom is -0.464 e. The maximum atomic E-state index is 12.6. The molecule has 0 saturated heterocycles. The third-order valence-electron chi connectivity index (χ3n) is 4.59. The molecule has 0 heterocycles. The highest BCUT2D eigenvalue weighted by molar-refractivity contribution is 6.03. The van der Waals surface area contributed by atoms with Crippen LogP contribution in [0, 0.1) is 5.41 Å². The molecule has 2 amide bonds. The Morgan fingerprint density at radius 3 is 2.11 bits per heavy atom. The second-order valence-electron chi connectivity index (χ2n) is 6.41. The highest BCUT2D eigenvalue weighted by Crippen LogP contribution is 2.28. The zero-order valence-corrected chi connectivity index (χ0v) is 16.6. The number of rotatable bonds is 5.